The van der Waals surface area contributed by atoms with Crippen LogP contribution >= 0.6 is 11.6 Å². The zero-order valence-corrected chi connectivity index (χ0v) is 12.0. The van der Waals surface area contributed by atoms with Gasteiger partial charge in [0.2, 0.25) is 0 Å². The Balaban J connectivity index is 2.23. The Labute approximate surface area is 119 Å². The predicted molar refractivity (Wildman–Crippen MR) is 75.4 cm³/mol. The molecule has 0 heterocycles. The molecule has 2 unspecified atom stereocenters. The molecule has 2 rings (SSSR count). The number of rotatable bonds is 3. The first kappa shape index (κ1) is 14.3. The fourth-order valence-corrected chi connectivity index (χ4v) is 3.38. The lowest BCUT2D eigenvalue weighted by atomic mass is 9.67. The van der Waals surface area contributed by atoms with Gasteiger partial charge in [0.1, 0.15) is 5.82 Å². The van der Waals surface area contributed by atoms with E-state index in [9.17, 15) is 9.65 Å². The predicted octanol–water partition coefficient (Wildman–Crippen LogP) is 5.13. The van der Waals surface area contributed by atoms with E-state index in [0.29, 0.717) is 17.9 Å². The molecule has 0 N–H and O–H groups in total. The molecule has 0 aromatic heterocycles. The molecule has 3 heteroatoms. The van der Waals surface area contributed by atoms with E-state index in [0.717, 1.165) is 25.7 Å². The Morgan fingerprint density at radius 3 is 3.00 bits per heavy atom. The lowest BCUT2D eigenvalue weighted by Crippen LogP contribution is -2.29. The molecule has 0 saturated heterocycles. The molecule has 0 spiro atoms. The van der Waals surface area contributed by atoms with E-state index in [1.807, 2.05) is 0 Å². The summed E-state index contributed by atoms with van der Waals surface area (Å²) in [6, 6.07) is 7.52. The molecular formula is C16H19ClFN. The molecule has 1 nitrogen and oxygen atoms in total. The van der Waals surface area contributed by atoms with Crippen LogP contribution in [0.25, 0.3) is 0 Å². The number of halogens is 2. The van der Waals surface area contributed by atoms with E-state index in [-0.39, 0.29) is 10.8 Å². The van der Waals surface area contributed by atoms with Crippen molar-refractivity contribution in [3.05, 3.63) is 34.6 Å². The van der Waals surface area contributed by atoms with E-state index in [1.165, 1.54) is 6.42 Å². The average molecular weight is 280 g/mol. The van der Waals surface area contributed by atoms with Crippen molar-refractivity contribution in [1.82, 2.24) is 0 Å². The molecule has 1 fully saturated rings. The van der Waals surface area contributed by atoms with E-state index in [1.54, 1.807) is 18.2 Å². The third-order valence-corrected chi connectivity index (χ3v) is 4.61. The first-order chi connectivity index (χ1) is 9.10. The van der Waals surface area contributed by atoms with Crippen LogP contribution in [0.4, 0.5) is 4.39 Å². The summed E-state index contributed by atoms with van der Waals surface area (Å²) in [4.78, 5) is 0. The molecule has 2 atom stereocenters. The van der Waals surface area contributed by atoms with Gasteiger partial charge in [0.15, 0.2) is 0 Å². The van der Waals surface area contributed by atoms with Crippen molar-refractivity contribution >= 4 is 11.6 Å². The fourth-order valence-electron chi connectivity index (χ4n) is 3.19. The van der Waals surface area contributed by atoms with E-state index < -0.39 is 5.41 Å². The summed E-state index contributed by atoms with van der Waals surface area (Å²) in [5.41, 5.74) is 0.163. The minimum atomic E-state index is -0.412. The molecule has 1 saturated carbocycles. The number of hydrogen-bond donors (Lipinski definition) is 0. The van der Waals surface area contributed by atoms with Gasteiger partial charge in [-0.25, -0.2) is 4.39 Å². The Kier molecular flexibility index (Phi) is 4.47. The van der Waals surface area contributed by atoms with Crippen LogP contribution in [0.15, 0.2) is 18.2 Å². The molecule has 0 bridgehead atoms. The molecule has 0 amide bonds. The summed E-state index contributed by atoms with van der Waals surface area (Å²) < 4.78 is 14.0. The van der Waals surface area contributed by atoms with Crippen LogP contribution < -0.4 is 0 Å². The monoisotopic (exact) mass is 279 g/mol. The number of hydrogen-bond acceptors (Lipinski definition) is 1. The molecular weight excluding hydrogens is 261 g/mol. The summed E-state index contributed by atoms with van der Waals surface area (Å²) >= 11 is 5.82. The van der Waals surface area contributed by atoms with Crippen molar-refractivity contribution in [2.75, 3.05) is 0 Å². The maximum atomic E-state index is 14.0. The number of nitrogens with zero attached hydrogens (tertiary/aromatic N) is 1. The summed E-state index contributed by atoms with van der Waals surface area (Å²) in [5.74, 6) is 0.230. The van der Waals surface area contributed by atoms with Crippen LogP contribution in [0.5, 0.6) is 0 Å². The molecule has 19 heavy (non-hydrogen) atoms. The summed E-state index contributed by atoms with van der Waals surface area (Å²) in [6.45, 7) is 2.16. The van der Waals surface area contributed by atoms with Crippen molar-refractivity contribution in [1.29, 1.82) is 5.26 Å². The maximum absolute atomic E-state index is 14.0. The number of nitriles is 1. The minimum Gasteiger partial charge on any atom is -0.205 e. The van der Waals surface area contributed by atoms with E-state index in [4.69, 9.17) is 11.6 Å². The Morgan fingerprint density at radius 2 is 2.32 bits per heavy atom. The molecule has 0 aliphatic heterocycles. The van der Waals surface area contributed by atoms with Crippen LogP contribution in [0.3, 0.4) is 0 Å². The fraction of sp³-hybridized carbons (Fsp3) is 0.562. The maximum Gasteiger partial charge on any atom is 0.145 e. The zero-order chi connectivity index (χ0) is 13.9. The van der Waals surface area contributed by atoms with Crippen molar-refractivity contribution in [2.24, 2.45) is 11.3 Å². The van der Waals surface area contributed by atoms with Crippen molar-refractivity contribution in [3.63, 3.8) is 0 Å². The largest absolute Gasteiger partial charge is 0.205 e. The van der Waals surface area contributed by atoms with Crippen LogP contribution in [0.2, 0.25) is 5.02 Å². The minimum absolute atomic E-state index is 0.147. The first-order valence-electron chi connectivity index (χ1n) is 6.94. The van der Waals surface area contributed by atoms with Gasteiger partial charge in [-0.05, 0) is 36.8 Å². The molecule has 1 aromatic carbocycles. The highest BCUT2D eigenvalue weighted by Crippen LogP contribution is 2.43. The van der Waals surface area contributed by atoms with Crippen molar-refractivity contribution in [3.8, 4) is 6.07 Å². The normalized spacial score (nSPS) is 26.9. The molecule has 102 valence electrons. The smallest absolute Gasteiger partial charge is 0.145 e. The Bertz CT molecular complexity index is 494. The summed E-state index contributed by atoms with van der Waals surface area (Å²) in [6.07, 6.45) is 5.58. The van der Waals surface area contributed by atoms with Crippen LogP contribution in [-0.2, 0) is 6.42 Å². The second kappa shape index (κ2) is 5.92. The molecule has 1 aliphatic rings. The third-order valence-electron chi connectivity index (χ3n) is 4.32. The average Bonchev–Trinajstić information content (AvgIpc) is 2.44. The van der Waals surface area contributed by atoms with Crippen molar-refractivity contribution < 1.29 is 4.39 Å². The molecule has 1 aromatic rings. The second-order valence-corrected chi connectivity index (χ2v) is 6.06. The topological polar surface area (TPSA) is 23.8 Å². The van der Waals surface area contributed by atoms with Crippen LogP contribution in [0.1, 0.15) is 44.6 Å². The second-order valence-electron chi connectivity index (χ2n) is 5.65. The summed E-state index contributed by atoms with van der Waals surface area (Å²) in [7, 11) is 0. The van der Waals surface area contributed by atoms with Gasteiger partial charge in [-0.2, -0.15) is 5.26 Å². The highest BCUT2D eigenvalue weighted by Gasteiger charge is 2.36. The lowest BCUT2D eigenvalue weighted by Gasteiger charge is -2.35. The van der Waals surface area contributed by atoms with E-state index >= 15 is 0 Å². The van der Waals surface area contributed by atoms with Gasteiger partial charge < -0.3 is 0 Å². The standard InChI is InChI=1S/C16H19ClFN/c1-2-12-5-4-8-16(9-12,11-19)10-13-6-3-7-14(17)15(13)18/h3,6-7,12H,2,4-5,8-10H2,1H3. The zero-order valence-electron chi connectivity index (χ0n) is 11.3. The van der Waals surface area contributed by atoms with Crippen LogP contribution in [0, 0.1) is 28.5 Å². The van der Waals surface area contributed by atoms with Gasteiger partial charge in [0.05, 0.1) is 16.5 Å². The Hall–Kier alpha value is -1.07. The quantitative estimate of drug-likeness (QED) is 0.752. The highest BCUT2D eigenvalue weighted by molar-refractivity contribution is 6.30. The lowest BCUT2D eigenvalue weighted by molar-refractivity contribution is 0.192. The van der Waals surface area contributed by atoms with Crippen molar-refractivity contribution in [2.45, 2.75) is 45.4 Å². The Morgan fingerprint density at radius 1 is 1.53 bits per heavy atom. The van der Waals surface area contributed by atoms with Gasteiger partial charge in [-0.3, -0.25) is 0 Å². The molecule has 1 aliphatic carbocycles. The van der Waals surface area contributed by atoms with Crippen LogP contribution in [-0.4, -0.2) is 0 Å². The summed E-state index contributed by atoms with van der Waals surface area (Å²) in [5, 5.41) is 9.72. The third kappa shape index (κ3) is 3.09. The van der Waals surface area contributed by atoms with Gasteiger partial charge in [0, 0.05) is 0 Å². The number of benzene rings is 1. The van der Waals surface area contributed by atoms with Gasteiger partial charge in [-0.15, -0.1) is 0 Å². The van der Waals surface area contributed by atoms with Gasteiger partial charge >= 0.3 is 0 Å². The highest BCUT2D eigenvalue weighted by atomic mass is 35.5. The van der Waals surface area contributed by atoms with Gasteiger partial charge in [-0.1, -0.05) is 49.9 Å². The first-order valence-corrected chi connectivity index (χ1v) is 7.32. The SMILES string of the molecule is CCC1CCCC(C#N)(Cc2cccc(Cl)c2F)C1. The van der Waals surface area contributed by atoms with Gasteiger partial charge in [0.25, 0.3) is 0 Å². The molecule has 0 radical (unpaired) electrons. The van der Waals surface area contributed by atoms with E-state index in [2.05, 4.69) is 13.0 Å².